The molecule has 1 amide bonds. The first kappa shape index (κ1) is 19.1. The van der Waals surface area contributed by atoms with Gasteiger partial charge in [-0.2, -0.15) is 12.6 Å². The van der Waals surface area contributed by atoms with Crippen LogP contribution in [-0.2, 0) is 9.53 Å². The molecule has 5 nitrogen and oxygen atoms in total. The first-order chi connectivity index (χ1) is 8.94. The van der Waals surface area contributed by atoms with Crippen molar-refractivity contribution >= 4 is 24.7 Å². The SMILES string of the molecule is CCC(C)(C(=O)O)C(S)CCN(C)C(=O)OC(C)(C)C. The van der Waals surface area contributed by atoms with Crippen LogP contribution in [0.3, 0.4) is 0 Å². The molecule has 6 heteroatoms. The lowest BCUT2D eigenvalue weighted by Gasteiger charge is -2.31. The molecule has 0 heterocycles. The lowest BCUT2D eigenvalue weighted by Crippen LogP contribution is -2.40. The van der Waals surface area contributed by atoms with Crippen LogP contribution in [-0.4, -0.2) is 46.5 Å². The minimum atomic E-state index is -0.891. The second kappa shape index (κ2) is 7.20. The minimum Gasteiger partial charge on any atom is -0.481 e. The van der Waals surface area contributed by atoms with E-state index >= 15 is 0 Å². The molecule has 1 N–H and O–H groups in total. The van der Waals surface area contributed by atoms with Crippen LogP contribution in [0.25, 0.3) is 0 Å². The molecule has 0 fully saturated rings. The lowest BCUT2D eigenvalue weighted by atomic mass is 9.82. The number of aliphatic carboxylic acids is 1. The number of carboxylic acid groups (broad SMARTS) is 1. The van der Waals surface area contributed by atoms with Gasteiger partial charge < -0.3 is 14.7 Å². The van der Waals surface area contributed by atoms with Gasteiger partial charge in [0.1, 0.15) is 5.60 Å². The summed E-state index contributed by atoms with van der Waals surface area (Å²) in [6.45, 7) is 9.33. The van der Waals surface area contributed by atoms with Gasteiger partial charge in [0.05, 0.1) is 5.41 Å². The summed E-state index contributed by atoms with van der Waals surface area (Å²) in [5.74, 6) is -0.861. The molecule has 2 unspecified atom stereocenters. The van der Waals surface area contributed by atoms with Crippen molar-refractivity contribution in [2.45, 2.75) is 58.3 Å². The van der Waals surface area contributed by atoms with Gasteiger partial charge in [-0.3, -0.25) is 4.79 Å². The Morgan fingerprint density at radius 2 is 1.80 bits per heavy atom. The number of ether oxygens (including phenoxy) is 1. The summed E-state index contributed by atoms with van der Waals surface area (Å²) in [7, 11) is 1.64. The van der Waals surface area contributed by atoms with Gasteiger partial charge in [-0.1, -0.05) is 6.92 Å². The Labute approximate surface area is 127 Å². The predicted octanol–water partition coefficient (Wildman–Crippen LogP) is 3.04. The van der Waals surface area contributed by atoms with Crippen LogP contribution in [0.15, 0.2) is 0 Å². The largest absolute Gasteiger partial charge is 0.481 e. The van der Waals surface area contributed by atoms with Gasteiger partial charge in [0.25, 0.3) is 0 Å². The summed E-state index contributed by atoms with van der Waals surface area (Å²) < 4.78 is 5.24. The van der Waals surface area contributed by atoms with Crippen LogP contribution in [0.2, 0.25) is 0 Å². The second-order valence-electron chi connectivity index (χ2n) is 6.28. The summed E-state index contributed by atoms with van der Waals surface area (Å²) in [5, 5.41) is 8.95. The molecule has 0 aromatic rings. The Kier molecular flexibility index (Phi) is 6.87. The molecule has 0 bridgehead atoms. The molecule has 0 aromatic heterocycles. The van der Waals surface area contributed by atoms with Gasteiger partial charge in [-0.05, 0) is 40.5 Å². The predicted molar refractivity (Wildman–Crippen MR) is 82.3 cm³/mol. The van der Waals surface area contributed by atoms with Gasteiger partial charge in [-0.15, -0.1) is 0 Å². The third-order valence-corrected chi connectivity index (χ3v) is 4.23. The van der Waals surface area contributed by atoms with Crippen molar-refractivity contribution < 1.29 is 19.4 Å². The van der Waals surface area contributed by atoms with Crippen LogP contribution >= 0.6 is 12.6 Å². The molecule has 0 aliphatic rings. The summed E-state index contributed by atoms with van der Waals surface area (Å²) in [6.07, 6.45) is 0.578. The van der Waals surface area contributed by atoms with E-state index in [9.17, 15) is 14.7 Å². The Morgan fingerprint density at radius 1 is 1.30 bits per heavy atom. The number of carboxylic acids is 1. The number of hydrogen-bond acceptors (Lipinski definition) is 4. The molecule has 0 saturated heterocycles. The number of thiol groups is 1. The Bertz CT molecular complexity index is 354. The maximum absolute atomic E-state index is 11.8. The van der Waals surface area contributed by atoms with Gasteiger partial charge in [-0.25, -0.2) is 4.79 Å². The van der Waals surface area contributed by atoms with Crippen molar-refractivity contribution in [1.82, 2.24) is 4.90 Å². The number of carbonyl (C=O) groups is 2. The standard InChI is InChI=1S/C14H27NO4S/c1-7-14(5,11(16)17)10(20)8-9-15(6)12(18)19-13(2,3)4/h10,20H,7-9H2,1-6H3,(H,16,17). The summed E-state index contributed by atoms with van der Waals surface area (Å²) in [5.41, 5.74) is -1.43. The van der Waals surface area contributed by atoms with Crippen molar-refractivity contribution in [3.8, 4) is 0 Å². The highest BCUT2D eigenvalue weighted by Crippen LogP contribution is 2.32. The first-order valence-corrected chi connectivity index (χ1v) is 7.31. The normalized spacial score (nSPS) is 16.1. The molecule has 0 aliphatic heterocycles. The smallest absolute Gasteiger partial charge is 0.410 e. The van der Waals surface area contributed by atoms with Crippen LogP contribution in [0.1, 0.15) is 47.5 Å². The Morgan fingerprint density at radius 3 is 2.15 bits per heavy atom. The zero-order chi connectivity index (χ0) is 16.1. The molecular formula is C14H27NO4S. The van der Waals surface area contributed by atoms with Gasteiger partial charge in [0, 0.05) is 18.8 Å². The molecule has 118 valence electrons. The molecule has 0 saturated carbocycles. The fourth-order valence-electron chi connectivity index (χ4n) is 1.60. The van der Waals surface area contributed by atoms with E-state index in [4.69, 9.17) is 4.74 Å². The van der Waals surface area contributed by atoms with Crippen molar-refractivity contribution in [2.75, 3.05) is 13.6 Å². The third kappa shape index (κ3) is 5.61. The van der Waals surface area contributed by atoms with E-state index in [0.717, 1.165) is 0 Å². The van der Waals surface area contributed by atoms with E-state index in [2.05, 4.69) is 12.6 Å². The molecule has 0 spiro atoms. The van der Waals surface area contributed by atoms with Crippen molar-refractivity contribution in [3.05, 3.63) is 0 Å². The van der Waals surface area contributed by atoms with Gasteiger partial charge in [0.2, 0.25) is 0 Å². The topological polar surface area (TPSA) is 66.8 Å². The zero-order valence-corrected chi connectivity index (χ0v) is 14.2. The fraction of sp³-hybridized carbons (Fsp3) is 0.857. The molecule has 0 rings (SSSR count). The highest BCUT2D eigenvalue weighted by molar-refractivity contribution is 7.81. The Hall–Kier alpha value is -0.910. The fourth-order valence-corrected chi connectivity index (χ4v) is 2.00. The average Bonchev–Trinajstić information content (AvgIpc) is 2.31. The Balaban J connectivity index is 4.48. The second-order valence-corrected chi connectivity index (χ2v) is 6.91. The van der Waals surface area contributed by atoms with E-state index in [-0.39, 0.29) is 5.25 Å². The minimum absolute atomic E-state index is 0.324. The average molecular weight is 305 g/mol. The van der Waals surface area contributed by atoms with Crippen LogP contribution in [0.5, 0.6) is 0 Å². The lowest BCUT2D eigenvalue weighted by molar-refractivity contribution is -0.148. The van der Waals surface area contributed by atoms with Gasteiger partial charge >= 0.3 is 12.1 Å². The number of rotatable bonds is 6. The van der Waals surface area contributed by atoms with E-state index in [0.29, 0.717) is 19.4 Å². The number of hydrogen-bond donors (Lipinski definition) is 2. The highest BCUT2D eigenvalue weighted by Gasteiger charge is 2.38. The molecule has 0 aliphatic carbocycles. The van der Waals surface area contributed by atoms with Crippen molar-refractivity contribution in [2.24, 2.45) is 5.41 Å². The maximum Gasteiger partial charge on any atom is 0.410 e. The first-order valence-electron chi connectivity index (χ1n) is 6.79. The van der Waals surface area contributed by atoms with Crippen LogP contribution in [0, 0.1) is 5.41 Å². The highest BCUT2D eigenvalue weighted by atomic mass is 32.1. The van der Waals surface area contributed by atoms with E-state index in [1.807, 2.05) is 6.92 Å². The summed E-state index contributed by atoms with van der Waals surface area (Å²) in [4.78, 5) is 24.5. The molecule has 2 atom stereocenters. The molecule has 20 heavy (non-hydrogen) atoms. The molecule has 0 radical (unpaired) electrons. The van der Waals surface area contributed by atoms with Crippen molar-refractivity contribution in [1.29, 1.82) is 0 Å². The molecular weight excluding hydrogens is 278 g/mol. The third-order valence-electron chi connectivity index (χ3n) is 3.40. The van der Waals surface area contributed by atoms with E-state index in [1.165, 1.54) is 4.90 Å². The number of nitrogens with zero attached hydrogens (tertiary/aromatic N) is 1. The zero-order valence-electron chi connectivity index (χ0n) is 13.3. The van der Waals surface area contributed by atoms with Gasteiger partial charge in [0.15, 0.2) is 0 Å². The maximum atomic E-state index is 11.8. The summed E-state index contributed by atoms with van der Waals surface area (Å²) >= 11 is 4.40. The van der Waals surface area contributed by atoms with E-state index in [1.54, 1.807) is 34.7 Å². The summed E-state index contributed by atoms with van der Waals surface area (Å²) in [6, 6.07) is 0. The number of amides is 1. The quantitative estimate of drug-likeness (QED) is 0.740. The van der Waals surface area contributed by atoms with Crippen LogP contribution in [0.4, 0.5) is 4.79 Å². The van der Waals surface area contributed by atoms with Crippen LogP contribution < -0.4 is 0 Å². The van der Waals surface area contributed by atoms with Crippen molar-refractivity contribution in [3.63, 3.8) is 0 Å². The number of carbonyl (C=O) groups excluding carboxylic acids is 1. The van der Waals surface area contributed by atoms with E-state index < -0.39 is 23.1 Å². The molecule has 0 aromatic carbocycles. The monoisotopic (exact) mass is 305 g/mol.